The van der Waals surface area contributed by atoms with Gasteiger partial charge in [-0.1, -0.05) is 17.8 Å². The van der Waals surface area contributed by atoms with Crippen molar-refractivity contribution in [2.45, 2.75) is 19.8 Å². The summed E-state index contributed by atoms with van der Waals surface area (Å²) >= 11 is 1.08. The molecule has 6 heteroatoms. The summed E-state index contributed by atoms with van der Waals surface area (Å²) in [6, 6.07) is 0. The molecule has 1 heterocycles. The van der Waals surface area contributed by atoms with Crippen molar-refractivity contribution in [1.29, 1.82) is 0 Å². The van der Waals surface area contributed by atoms with Crippen LogP contribution in [-0.4, -0.2) is 45.2 Å². The molecule has 0 saturated carbocycles. The first kappa shape index (κ1) is 12.1. The molecule has 0 bridgehead atoms. The van der Waals surface area contributed by atoms with E-state index >= 15 is 0 Å². The Kier molecular flexibility index (Phi) is 5.20. The van der Waals surface area contributed by atoms with Crippen LogP contribution in [0, 0.1) is 0 Å². The van der Waals surface area contributed by atoms with Crippen molar-refractivity contribution in [3.8, 4) is 0 Å². The average Bonchev–Trinajstić information content (AvgIpc) is 2.76. The third kappa shape index (κ3) is 3.56. The number of rotatable bonds is 6. The minimum atomic E-state index is -0.0903. The summed E-state index contributed by atoms with van der Waals surface area (Å²) in [4.78, 5) is 14.0. The summed E-state index contributed by atoms with van der Waals surface area (Å²) in [5.74, 6) is -0.0903. The molecule has 5 nitrogen and oxygen atoms in total. The van der Waals surface area contributed by atoms with Gasteiger partial charge in [0.25, 0.3) is 5.91 Å². The quantitative estimate of drug-likeness (QED) is 0.782. The van der Waals surface area contributed by atoms with Gasteiger partial charge in [0.05, 0.1) is 12.8 Å². The summed E-state index contributed by atoms with van der Waals surface area (Å²) in [6.45, 7) is 3.10. The lowest BCUT2D eigenvalue weighted by Crippen LogP contribution is -2.33. The third-order valence-corrected chi connectivity index (χ3v) is 2.66. The van der Waals surface area contributed by atoms with Gasteiger partial charge in [-0.05, 0) is 18.0 Å². The topological polar surface area (TPSA) is 66.3 Å². The van der Waals surface area contributed by atoms with Crippen LogP contribution in [0.15, 0.2) is 6.20 Å². The van der Waals surface area contributed by atoms with E-state index in [2.05, 4.69) is 16.5 Å². The number of carbonyl (C=O) groups excluding carboxylic acids is 1. The number of aliphatic hydroxyl groups excluding tert-OH is 1. The Labute approximate surface area is 92.9 Å². The minimum absolute atomic E-state index is 0.0122. The SMILES string of the molecule is CCCCN(CCO)C(=O)c1cnns1. The molecule has 0 aromatic carbocycles. The van der Waals surface area contributed by atoms with E-state index in [1.165, 1.54) is 6.20 Å². The molecule has 0 unspecified atom stereocenters. The number of aromatic nitrogens is 2. The normalized spacial score (nSPS) is 10.3. The Balaban J connectivity index is 2.58. The van der Waals surface area contributed by atoms with Gasteiger partial charge in [-0.3, -0.25) is 4.79 Å². The van der Waals surface area contributed by atoms with Gasteiger partial charge in [0.2, 0.25) is 0 Å². The molecule has 1 rings (SSSR count). The number of nitrogens with zero attached hydrogens (tertiary/aromatic N) is 3. The molecule has 84 valence electrons. The van der Waals surface area contributed by atoms with E-state index in [4.69, 9.17) is 5.11 Å². The Morgan fingerprint density at radius 2 is 2.40 bits per heavy atom. The average molecular weight is 229 g/mol. The number of hydrogen-bond donors (Lipinski definition) is 1. The standard InChI is InChI=1S/C9H15N3O2S/c1-2-3-4-12(5-6-13)9(14)8-7-10-11-15-8/h7,13H,2-6H2,1H3. The number of amides is 1. The molecule has 0 aliphatic rings. The van der Waals surface area contributed by atoms with Crippen LogP contribution in [0.25, 0.3) is 0 Å². The molecule has 0 fully saturated rings. The van der Waals surface area contributed by atoms with Crippen LogP contribution >= 0.6 is 11.5 Å². The van der Waals surface area contributed by atoms with Crippen molar-refractivity contribution >= 4 is 17.4 Å². The predicted octanol–water partition coefficient (Wildman–Crippen LogP) is 0.773. The monoisotopic (exact) mass is 229 g/mol. The molecule has 1 amide bonds. The smallest absolute Gasteiger partial charge is 0.267 e. The van der Waals surface area contributed by atoms with Crippen LogP contribution in [-0.2, 0) is 0 Å². The fourth-order valence-electron chi connectivity index (χ4n) is 1.20. The predicted molar refractivity (Wildman–Crippen MR) is 57.8 cm³/mol. The first-order valence-electron chi connectivity index (χ1n) is 4.97. The maximum absolute atomic E-state index is 11.8. The van der Waals surface area contributed by atoms with Crippen molar-refractivity contribution in [2.75, 3.05) is 19.7 Å². The zero-order valence-corrected chi connectivity index (χ0v) is 9.53. The highest BCUT2D eigenvalue weighted by molar-refractivity contribution is 7.07. The fourth-order valence-corrected chi connectivity index (χ4v) is 1.69. The molecule has 0 aliphatic carbocycles. The van der Waals surface area contributed by atoms with Crippen LogP contribution < -0.4 is 0 Å². The number of hydrogen-bond acceptors (Lipinski definition) is 5. The molecule has 0 spiro atoms. The largest absolute Gasteiger partial charge is 0.395 e. The van der Waals surface area contributed by atoms with Crippen LogP contribution in [0.3, 0.4) is 0 Å². The van der Waals surface area contributed by atoms with Gasteiger partial charge in [0, 0.05) is 13.1 Å². The lowest BCUT2D eigenvalue weighted by atomic mass is 10.3. The molecule has 1 aromatic heterocycles. The molecule has 1 N–H and O–H groups in total. The second kappa shape index (κ2) is 6.47. The van der Waals surface area contributed by atoms with E-state index in [0.29, 0.717) is 18.0 Å². The lowest BCUT2D eigenvalue weighted by Gasteiger charge is -2.20. The molecule has 0 atom stereocenters. The van der Waals surface area contributed by atoms with Crippen molar-refractivity contribution in [1.82, 2.24) is 14.5 Å². The van der Waals surface area contributed by atoms with Crippen molar-refractivity contribution in [2.24, 2.45) is 0 Å². The Morgan fingerprint density at radius 1 is 1.60 bits per heavy atom. The molecule has 1 aromatic rings. The van der Waals surface area contributed by atoms with Gasteiger partial charge >= 0.3 is 0 Å². The Morgan fingerprint density at radius 3 is 2.93 bits per heavy atom. The maximum atomic E-state index is 11.8. The first-order chi connectivity index (χ1) is 7.29. The van der Waals surface area contributed by atoms with Gasteiger partial charge in [-0.2, -0.15) is 0 Å². The molecule has 0 aliphatic heterocycles. The van der Waals surface area contributed by atoms with Gasteiger partial charge in [-0.15, -0.1) is 5.10 Å². The van der Waals surface area contributed by atoms with E-state index in [1.54, 1.807) is 4.90 Å². The van der Waals surface area contributed by atoms with Crippen LogP contribution in [0.5, 0.6) is 0 Å². The number of aliphatic hydroxyl groups is 1. The first-order valence-corrected chi connectivity index (χ1v) is 5.74. The van der Waals surface area contributed by atoms with E-state index in [9.17, 15) is 4.79 Å². The molecular weight excluding hydrogens is 214 g/mol. The maximum Gasteiger partial charge on any atom is 0.267 e. The Bertz CT molecular complexity index is 290. The lowest BCUT2D eigenvalue weighted by molar-refractivity contribution is 0.0724. The summed E-state index contributed by atoms with van der Waals surface area (Å²) in [6.07, 6.45) is 3.43. The van der Waals surface area contributed by atoms with Gasteiger partial charge in [-0.25, -0.2) is 0 Å². The van der Waals surface area contributed by atoms with E-state index in [-0.39, 0.29) is 12.5 Å². The molecule has 0 saturated heterocycles. The highest BCUT2D eigenvalue weighted by Gasteiger charge is 2.16. The van der Waals surface area contributed by atoms with Gasteiger partial charge < -0.3 is 10.0 Å². The fraction of sp³-hybridized carbons (Fsp3) is 0.667. The second-order valence-corrected chi connectivity index (χ2v) is 3.94. The van der Waals surface area contributed by atoms with Gasteiger partial charge in [0.15, 0.2) is 0 Å². The zero-order chi connectivity index (χ0) is 11.1. The molecular formula is C9H15N3O2S. The molecule has 15 heavy (non-hydrogen) atoms. The highest BCUT2D eigenvalue weighted by atomic mass is 32.1. The van der Waals surface area contributed by atoms with Crippen molar-refractivity contribution in [3.63, 3.8) is 0 Å². The van der Waals surface area contributed by atoms with Crippen LogP contribution in [0.4, 0.5) is 0 Å². The van der Waals surface area contributed by atoms with Crippen LogP contribution in [0.2, 0.25) is 0 Å². The second-order valence-electron chi connectivity index (χ2n) is 3.15. The summed E-state index contributed by atoms with van der Waals surface area (Å²) in [5, 5.41) is 12.5. The van der Waals surface area contributed by atoms with Crippen molar-refractivity contribution in [3.05, 3.63) is 11.1 Å². The minimum Gasteiger partial charge on any atom is -0.395 e. The van der Waals surface area contributed by atoms with Gasteiger partial charge in [0.1, 0.15) is 4.88 Å². The van der Waals surface area contributed by atoms with E-state index in [1.807, 2.05) is 0 Å². The number of carbonyl (C=O) groups is 1. The Hall–Kier alpha value is -1.01. The van der Waals surface area contributed by atoms with Crippen molar-refractivity contribution < 1.29 is 9.90 Å². The zero-order valence-electron chi connectivity index (χ0n) is 8.72. The van der Waals surface area contributed by atoms with E-state index < -0.39 is 0 Å². The number of unbranched alkanes of at least 4 members (excludes halogenated alkanes) is 1. The molecule has 0 radical (unpaired) electrons. The van der Waals surface area contributed by atoms with E-state index in [0.717, 1.165) is 24.4 Å². The van der Waals surface area contributed by atoms with Crippen LogP contribution in [0.1, 0.15) is 29.4 Å². The summed E-state index contributed by atoms with van der Waals surface area (Å²) in [7, 11) is 0. The summed E-state index contributed by atoms with van der Waals surface area (Å²) in [5.41, 5.74) is 0. The highest BCUT2D eigenvalue weighted by Crippen LogP contribution is 2.08. The summed E-state index contributed by atoms with van der Waals surface area (Å²) < 4.78 is 3.65. The third-order valence-electron chi connectivity index (χ3n) is 2.01.